The van der Waals surface area contributed by atoms with Crippen LogP contribution in [0.3, 0.4) is 0 Å². The molecule has 1 amide bonds. The van der Waals surface area contributed by atoms with E-state index in [0.29, 0.717) is 23.5 Å². The van der Waals surface area contributed by atoms with Crippen LogP contribution in [-0.4, -0.2) is 43.0 Å². The molecular formula is C20H23N3O3S. The predicted octanol–water partition coefficient (Wildman–Crippen LogP) is 3.76. The molecule has 0 aliphatic rings. The van der Waals surface area contributed by atoms with Gasteiger partial charge in [0.15, 0.2) is 0 Å². The summed E-state index contributed by atoms with van der Waals surface area (Å²) < 4.78 is 5.13. The van der Waals surface area contributed by atoms with Crippen LogP contribution in [0.25, 0.3) is 10.4 Å². The molecule has 0 bridgehead atoms. The number of anilines is 1. The van der Waals surface area contributed by atoms with Crippen LogP contribution >= 0.6 is 11.3 Å². The van der Waals surface area contributed by atoms with Crippen molar-refractivity contribution in [3.63, 3.8) is 0 Å². The van der Waals surface area contributed by atoms with Crippen LogP contribution in [0.1, 0.15) is 30.6 Å². The number of thiophene rings is 1. The van der Waals surface area contributed by atoms with Crippen LogP contribution in [-0.2, 0) is 9.53 Å². The molecule has 7 heteroatoms. The molecule has 0 aliphatic carbocycles. The van der Waals surface area contributed by atoms with Gasteiger partial charge in [0, 0.05) is 17.8 Å². The topological polar surface area (TPSA) is 82.4 Å². The van der Waals surface area contributed by atoms with Gasteiger partial charge in [0.2, 0.25) is 5.91 Å². The summed E-state index contributed by atoms with van der Waals surface area (Å²) in [7, 11) is 1.79. The average Bonchev–Trinajstić information content (AvgIpc) is 3.10. The zero-order valence-corrected chi connectivity index (χ0v) is 16.5. The van der Waals surface area contributed by atoms with Crippen LogP contribution in [0.15, 0.2) is 36.4 Å². The van der Waals surface area contributed by atoms with Gasteiger partial charge >= 0.3 is 5.97 Å². The molecule has 0 saturated heterocycles. The second-order valence-corrected chi connectivity index (χ2v) is 7.05. The number of nitrogens with one attached hydrogen (secondary N) is 1. The first-order valence-electron chi connectivity index (χ1n) is 8.72. The summed E-state index contributed by atoms with van der Waals surface area (Å²) in [6.45, 7) is 4.26. The summed E-state index contributed by atoms with van der Waals surface area (Å²) in [4.78, 5) is 27.6. The van der Waals surface area contributed by atoms with E-state index in [1.54, 1.807) is 31.9 Å². The van der Waals surface area contributed by atoms with E-state index >= 15 is 0 Å². The van der Waals surface area contributed by atoms with Gasteiger partial charge < -0.3 is 10.1 Å². The molecule has 1 N–H and O–H groups in total. The van der Waals surface area contributed by atoms with Gasteiger partial charge in [-0.1, -0.05) is 30.3 Å². The largest absolute Gasteiger partial charge is 0.462 e. The van der Waals surface area contributed by atoms with Crippen molar-refractivity contribution in [2.24, 2.45) is 0 Å². The molecule has 0 spiro atoms. The number of benzene rings is 1. The molecule has 1 unspecified atom stereocenters. The third kappa shape index (κ3) is 5.39. The number of ether oxygens (including phenoxy) is 1. The quantitative estimate of drug-likeness (QED) is 0.700. The van der Waals surface area contributed by atoms with Crippen LogP contribution in [0.5, 0.6) is 0 Å². The molecule has 0 radical (unpaired) electrons. The maximum atomic E-state index is 12.6. The number of carbonyl (C=O) groups excluding carboxylic acids is 2. The van der Waals surface area contributed by atoms with Crippen LogP contribution in [0.2, 0.25) is 0 Å². The lowest BCUT2D eigenvalue weighted by Crippen LogP contribution is -2.40. The van der Waals surface area contributed by atoms with Crippen LogP contribution in [0.4, 0.5) is 5.00 Å². The smallest absolute Gasteiger partial charge is 0.341 e. The summed E-state index contributed by atoms with van der Waals surface area (Å²) in [6, 6.07) is 13.0. The number of nitrogens with zero attached hydrogens (tertiary/aromatic N) is 2. The Hall–Kier alpha value is -2.69. The second kappa shape index (κ2) is 9.86. The minimum atomic E-state index is -0.461. The first-order chi connectivity index (χ1) is 13.0. The highest BCUT2D eigenvalue weighted by Crippen LogP contribution is 2.36. The molecule has 0 fully saturated rings. The zero-order chi connectivity index (χ0) is 19.8. The van der Waals surface area contributed by atoms with Gasteiger partial charge in [-0.3, -0.25) is 9.69 Å². The molecule has 142 valence electrons. The van der Waals surface area contributed by atoms with Gasteiger partial charge in [-0.2, -0.15) is 5.26 Å². The highest BCUT2D eigenvalue weighted by atomic mass is 32.1. The maximum absolute atomic E-state index is 12.6. The Balaban J connectivity index is 2.26. The van der Waals surface area contributed by atoms with Crippen molar-refractivity contribution in [2.75, 3.05) is 25.5 Å². The molecule has 1 aromatic heterocycles. The summed E-state index contributed by atoms with van der Waals surface area (Å²) in [5, 5.41) is 12.0. The zero-order valence-electron chi connectivity index (χ0n) is 15.7. The molecule has 1 atom stereocenters. The van der Waals surface area contributed by atoms with E-state index in [0.717, 1.165) is 10.4 Å². The van der Waals surface area contributed by atoms with Gasteiger partial charge in [-0.15, -0.1) is 11.3 Å². The molecule has 0 saturated carbocycles. The van der Waals surface area contributed by atoms with E-state index in [2.05, 4.69) is 11.4 Å². The fourth-order valence-electron chi connectivity index (χ4n) is 2.43. The van der Waals surface area contributed by atoms with Crippen molar-refractivity contribution in [1.82, 2.24) is 4.90 Å². The number of nitriles is 1. The van der Waals surface area contributed by atoms with Crippen molar-refractivity contribution in [3.8, 4) is 16.5 Å². The van der Waals surface area contributed by atoms with Gasteiger partial charge in [0.25, 0.3) is 0 Å². The van der Waals surface area contributed by atoms with Crippen molar-refractivity contribution in [3.05, 3.63) is 42.0 Å². The minimum absolute atomic E-state index is 0.234. The lowest BCUT2D eigenvalue weighted by Gasteiger charge is -2.22. The SMILES string of the molecule is CCOC(=O)c1cc(-c2ccccc2)sc1NC(=O)C(C)N(C)CCC#N. The van der Waals surface area contributed by atoms with Crippen molar-refractivity contribution >= 4 is 28.2 Å². The van der Waals surface area contributed by atoms with Crippen LogP contribution in [0, 0.1) is 11.3 Å². The third-order valence-corrected chi connectivity index (χ3v) is 5.24. The number of hydrogen-bond acceptors (Lipinski definition) is 6. The molecule has 1 heterocycles. The Morgan fingerprint density at radius 3 is 2.67 bits per heavy atom. The Labute approximate surface area is 163 Å². The standard InChI is InChI=1S/C20H23N3O3S/c1-4-26-20(25)16-13-17(15-9-6-5-7-10-15)27-19(16)22-18(24)14(2)23(3)12-8-11-21/h5-7,9-10,13-14H,4,8,12H2,1-3H3,(H,22,24). The lowest BCUT2D eigenvalue weighted by molar-refractivity contribution is -0.120. The number of carbonyl (C=O) groups is 2. The molecule has 2 aromatic rings. The first kappa shape index (κ1) is 20.6. The highest BCUT2D eigenvalue weighted by molar-refractivity contribution is 7.20. The summed E-state index contributed by atoms with van der Waals surface area (Å²) in [6.07, 6.45) is 0.347. The van der Waals surface area contributed by atoms with Gasteiger partial charge in [-0.05, 0) is 32.5 Å². The summed E-state index contributed by atoms with van der Waals surface area (Å²) in [5.41, 5.74) is 1.31. The second-order valence-electron chi connectivity index (χ2n) is 5.99. The normalized spacial score (nSPS) is 11.7. The van der Waals surface area contributed by atoms with E-state index in [1.165, 1.54) is 11.3 Å². The average molecular weight is 385 g/mol. The molecule has 6 nitrogen and oxygen atoms in total. The monoisotopic (exact) mass is 385 g/mol. The number of rotatable bonds is 8. The van der Waals surface area contributed by atoms with E-state index in [-0.39, 0.29) is 12.5 Å². The summed E-state index contributed by atoms with van der Waals surface area (Å²) in [5.74, 6) is -0.695. The van der Waals surface area contributed by atoms with E-state index in [9.17, 15) is 9.59 Å². The Morgan fingerprint density at radius 2 is 2.04 bits per heavy atom. The summed E-state index contributed by atoms with van der Waals surface area (Å²) >= 11 is 1.34. The number of hydrogen-bond donors (Lipinski definition) is 1. The molecule has 0 aliphatic heterocycles. The van der Waals surface area contributed by atoms with Crippen LogP contribution < -0.4 is 5.32 Å². The Bertz CT molecular complexity index is 827. The molecule has 1 aromatic carbocycles. The number of likely N-dealkylation sites (N-methyl/N-ethyl adjacent to an activating group) is 1. The lowest BCUT2D eigenvalue weighted by atomic mass is 10.1. The van der Waals surface area contributed by atoms with Crippen molar-refractivity contribution in [2.45, 2.75) is 26.3 Å². The van der Waals surface area contributed by atoms with Gasteiger partial charge in [0.05, 0.1) is 24.3 Å². The fourth-order valence-corrected chi connectivity index (χ4v) is 3.48. The molecule has 27 heavy (non-hydrogen) atoms. The third-order valence-electron chi connectivity index (χ3n) is 4.14. The Kier molecular flexibility index (Phi) is 7.53. The van der Waals surface area contributed by atoms with E-state index in [1.807, 2.05) is 30.3 Å². The van der Waals surface area contributed by atoms with Crippen molar-refractivity contribution in [1.29, 1.82) is 5.26 Å². The molecular weight excluding hydrogens is 362 g/mol. The Morgan fingerprint density at radius 1 is 1.33 bits per heavy atom. The molecule has 2 rings (SSSR count). The van der Waals surface area contributed by atoms with E-state index in [4.69, 9.17) is 10.00 Å². The fraction of sp³-hybridized carbons (Fsp3) is 0.350. The maximum Gasteiger partial charge on any atom is 0.341 e. The predicted molar refractivity (Wildman–Crippen MR) is 107 cm³/mol. The number of esters is 1. The number of amides is 1. The first-order valence-corrected chi connectivity index (χ1v) is 9.54. The van der Waals surface area contributed by atoms with Crippen molar-refractivity contribution < 1.29 is 14.3 Å². The highest BCUT2D eigenvalue weighted by Gasteiger charge is 2.23. The van der Waals surface area contributed by atoms with Gasteiger partial charge in [-0.25, -0.2) is 4.79 Å². The van der Waals surface area contributed by atoms with Gasteiger partial charge in [0.1, 0.15) is 5.00 Å². The minimum Gasteiger partial charge on any atom is -0.462 e. The van der Waals surface area contributed by atoms with E-state index < -0.39 is 12.0 Å².